The number of carbonyl (C=O) groups excluding carboxylic acids is 2. The molecule has 0 saturated heterocycles. The van der Waals surface area contributed by atoms with Crippen molar-refractivity contribution in [2.24, 2.45) is 17.8 Å². The molecule has 6 heteroatoms. The molecule has 4 rings (SSSR count). The number of hydrogen-bond donors (Lipinski definition) is 1. The molecule has 1 aliphatic heterocycles. The molecule has 2 fully saturated rings. The van der Waals surface area contributed by atoms with Gasteiger partial charge in [0.2, 0.25) is 0 Å². The number of rotatable bonds is 5. The number of esters is 1. The number of carbonyl (C=O) groups is 2. The highest BCUT2D eigenvalue weighted by Gasteiger charge is 2.40. The van der Waals surface area contributed by atoms with Gasteiger partial charge in [0.15, 0.2) is 17.6 Å². The van der Waals surface area contributed by atoms with Crippen molar-refractivity contribution in [3.63, 3.8) is 0 Å². The van der Waals surface area contributed by atoms with Gasteiger partial charge in [0.1, 0.15) is 13.2 Å². The van der Waals surface area contributed by atoms with Crippen LogP contribution in [-0.2, 0) is 14.3 Å². The van der Waals surface area contributed by atoms with E-state index in [2.05, 4.69) is 5.32 Å². The molecule has 1 amide bonds. The van der Waals surface area contributed by atoms with E-state index < -0.39 is 6.10 Å². The molecule has 1 N–H and O–H groups in total. The molecule has 26 heavy (non-hydrogen) atoms. The van der Waals surface area contributed by atoms with E-state index in [0.717, 1.165) is 12.3 Å². The summed E-state index contributed by atoms with van der Waals surface area (Å²) in [7, 11) is 0. The van der Waals surface area contributed by atoms with Crippen LogP contribution in [0.4, 0.5) is 5.69 Å². The van der Waals surface area contributed by atoms with E-state index in [9.17, 15) is 9.59 Å². The molecule has 4 atom stereocenters. The summed E-state index contributed by atoms with van der Waals surface area (Å²) in [5, 5.41) is 2.77. The van der Waals surface area contributed by atoms with Crippen LogP contribution in [0.3, 0.4) is 0 Å². The van der Waals surface area contributed by atoms with Gasteiger partial charge in [0.05, 0.1) is 0 Å². The summed E-state index contributed by atoms with van der Waals surface area (Å²) in [6.07, 6.45) is 4.56. The van der Waals surface area contributed by atoms with E-state index in [4.69, 9.17) is 14.2 Å². The van der Waals surface area contributed by atoms with Crippen molar-refractivity contribution in [1.82, 2.24) is 0 Å². The smallest absolute Gasteiger partial charge is 0.306 e. The van der Waals surface area contributed by atoms with Crippen LogP contribution in [0.1, 0.15) is 39.0 Å². The zero-order valence-corrected chi connectivity index (χ0v) is 15.0. The summed E-state index contributed by atoms with van der Waals surface area (Å²) in [5.41, 5.74) is 0.593. The highest BCUT2D eigenvalue weighted by molar-refractivity contribution is 5.95. The molecule has 1 aromatic carbocycles. The summed E-state index contributed by atoms with van der Waals surface area (Å²) in [4.78, 5) is 24.5. The van der Waals surface area contributed by atoms with E-state index in [0.29, 0.717) is 48.7 Å². The fraction of sp³-hybridized carbons (Fsp3) is 0.600. The zero-order valence-electron chi connectivity index (χ0n) is 15.0. The van der Waals surface area contributed by atoms with Crippen LogP contribution in [-0.4, -0.2) is 31.2 Å². The maximum absolute atomic E-state index is 12.3. The fourth-order valence-corrected chi connectivity index (χ4v) is 4.50. The molecule has 0 radical (unpaired) electrons. The average molecular weight is 359 g/mol. The lowest BCUT2D eigenvalue weighted by Gasteiger charge is -2.22. The van der Waals surface area contributed by atoms with E-state index >= 15 is 0 Å². The first-order valence-electron chi connectivity index (χ1n) is 9.48. The quantitative estimate of drug-likeness (QED) is 0.818. The Bertz CT molecular complexity index is 703. The van der Waals surface area contributed by atoms with Crippen molar-refractivity contribution >= 4 is 17.6 Å². The van der Waals surface area contributed by atoms with Crippen molar-refractivity contribution < 1.29 is 23.8 Å². The van der Waals surface area contributed by atoms with Crippen molar-refractivity contribution in [2.75, 3.05) is 18.5 Å². The van der Waals surface area contributed by atoms with E-state index in [1.165, 1.54) is 19.3 Å². The Morgan fingerprint density at radius 3 is 2.73 bits per heavy atom. The lowest BCUT2D eigenvalue weighted by atomic mass is 9.86. The third kappa shape index (κ3) is 3.64. The lowest BCUT2D eigenvalue weighted by Crippen LogP contribution is -2.31. The average Bonchev–Trinajstić information content (AvgIpc) is 3.24. The Hall–Kier alpha value is -2.24. The molecular weight excluding hydrogens is 334 g/mol. The molecule has 1 heterocycles. The van der Waals surface area contributed by atoms with Crippen LogP contribution in [0.2, 0.25) is 0 Å². The first-order chi connectivity index (χ1) is 12.6. The van der Waals surface area contributed by atoms with Crippen LogP contribution in [0, 0.1) is 17.8 Å². The highest BCUT2D eigenvalue weighted by atomic mass is 16.6. The van der Waals surface area contributed by atoms with Gasteiger partial charge in [-0.3, -0.25) is 9.59 Å². The van der Waals surface area contributed by atoms with E-state index in [1.807, 2.05) is 0 Å². The molecule has 2 bridgehead atoms. The van der Waals surface area contributed by atoms with Gasteiger partial charge in [0, 0.05) is 18.2 Å². The van der Waals surface area contributed by atoms with Gasteiger partial charge in [-0.15, -0.1) is 0 Å². The molecule has 140 valence electrons. The number of fused-ring (bicyclic) bond motifs is 3. The van der Waals surface area contributed by atoms with Crippen LogP contribution < -0.4 is 14.8 Å². The van der Waals surface area contributed by atoms with Gasteiger partial charge < -0.3 is 19.5 Å². The number of nitrogens with one attached hydrogen (secondary N) is 1. The minimum atomic E-state index is -0.825. The largest absolute Gasteiger partial charge is 0.486 e. The second kappa shape index (κ2) is 7.17. The third-order valence-corrected chi connectivity index (χ3v) is 5.80. The summed E-state index contributed by atoms with van der Waals surface area (Å²) in [6.45, 7) is 2.61. The molecule has 3 aliphatic rings. The molecule has 0 aromatic heterocycles. The number of amides is 1. The summed E-state index contributed by atoms with van der Waals surface area (Å²) < 4.78 is 16.3. The normalized spacial score (nSPS) is 27.0. The fourth-order valence-electron chi connectivity index (χ4n) is 4.50. The standard InChI is InChI=1S/C20H25NO5/c1-12(26-19(22)10-15-9-13-2-3-14(15)8-13)20(23)21-16-4-5-17-18(11-16)25-7-6-24-17/h4-5,11-15H,2-3,6-10H2,1H3,(H,21,23). The Balaban J connectivity index is 1.28. The number of ether oxygens (including phenoxy) is 3. The molecular formula is C20H25NO5. The topological polar surface area (TPSA) is 73.9 Å². The Morgan fingerprint density at radius 1 is 1.19 bits per heavy atom. The van der Waals surface area contributed by atoms with E-state index in [-0.39, 0.29) is 11.9 Å². The maximum atomic E-state index is 12.3. The van der Waals surface area contributed by atoms with Gasteiger partial charge >= 0.3 is 5.97 Å². The monoisotopic (exact) mass is 359 g/mol. The second-order valence-electron chi connectivity index (χ2n) is 7.62. The summed E-state index contributed by atoms with van der Waals surface area (Å²) in [6, 6.07) is 5.22. The van der Waals surface area contributed by atoms with Gasteiger partial charge in [-0.25, -0.2) is 0 Å². The molecule has 6 nitrogen and oxygen atoms in total. The Kier molecular flexibility index (Phi) is 4.74. The minimum absolute atomic E-state index is 0.271. The third-order valence-electron chi connectivity index (χ3n) is 5.80. The van der Waals surface area contributed by atoms with Gasteiger partial charge in [0.25, 0.3) is 5.91 Å². The summed E-state index contributed by atoms with van der Waals surface area (Å²) >= 11 is 0. The van der Waals surface area contributed by atoms with Crippen LogP contribution >= 0.6 is 0 Å². The number of benzene rings is 1. The lowest BCUT2D eigenvalue weighted by molar-refractivity contribution is -0.154. The van der Waals surface area contributed by atoms with Crippen molar-refractivity contribution in [3.05, 3.63) is 18.2 Å². The van der Waals surface area contributed by atoms with E-state index in [1.54, 1.807) is 25.1 Å². The van der Waals surface area contributed by atoms with Crippen LogP contribution in [0.5, 0.6) is 11.5 Å². The van der Waals surface area contributed by atoms with Crippen LogP contribution in [0.15, 0.2) is 18.2 Å². The Labute approximate surface area is 153 Å². The predicted octanol–water partition coefficient (Wildman–Crippen LogP) is 3.15. The zero-order chi connectivity index (χ0) is 18.1. The molecule has 1 aromatic rings. The Morgan fingerprint density at radius 2 is 2.00 bits per heavy atom. The highest BCUT2D eigenvalue weighted by Crippen LogP contribution is 2.49. The first-order valence-corrected chi connectivity index (χ1v) is 9.48. The minimum Gasteiger partial charge on any atom is -0.486 e. The first kappa shape index (κ1) is 17.2. The van der Waals surface area contributed by atoms with Crippen LogP contribution in [0.25, 0.3) is 0 Å². The van der Waals surface area contributed by atoms with Crippen molar-refractivity contribution in [2.45, 2.75) is 45.1 Å². The van der Waals surface area contributed by atoms with Crippen molar-refractivity contribution in [1.29, 1.82) is 0 Å². The van der Waals surface area contributed by atoms with Gasteiger partial charge in [-0.2, -0.15) is 0 Å². The predicted molar refractivity (Wildman–Crippen MR) is 95.2 cm³/mol. The second-order valence-corrected chi connectivity index (χ2v) is 7.62. The maximum Gasteiger partial charge on any atom is 0.306 e. The number of anilines is 1. The van der Waals surface area contributed by atoms with Gasteiger partial charge in [-0.05, 0) is 56.1 Å². The number of hydrogen-bond acceptors (Lipinski definition) is 5. The molecule has 4 unspecified atom stereocenters. The van der Waals surface area contributed by atoms with Gasteiger partial charge in [-0.1, -0.05) is 6.42 Å². The molecule has 2 aliphatic carbocycles. The SMILES string of the molecule is CC(OC(=O)CC1CC2CCC1C2)C(=O)Nc1ccc2c(c1)OCCO2. The summed E-state index contributed by atoms with van der Waals surface area (Å²) in [5.74, 6) is 2.57. The van der Waals surface area contributed by atoms with Crippen molar-refractivity contribution in [3.8, 4) is 11.5 Å². The molecule has 0 spiro atoms. The molecule has 2 saturated carbocycles.